The molecule has 3 rings (SSSR count). The van der Waals surface area contributed by atoms with Gasteiger partial charge in [0.2, 0.25) is 5.91 Å². The van der Waals surface area contributed by atoms with Gasteiger partial charge in [-0.2, -0.15) is 0 Å². The molecule has 2 aromatic carbocycles. The fourth-order valence-electron chi connectivity index (χ4n) is 4.22. The minimum absolute atomic E-state index is 0.0650. The van der Waals surface area contributed by atoms with Gasteiger partial charge in [-0.15, -0.1) is 0 Å². The van der Waals surface area contributed by atoms with Crippen LogP contribution in [0.4, 0.5) is 5.69 Å². The lowest BCUT2D eigenvalue weighted by atomic mass is 9.94. The molecule has 1 aliphatic heterocycles. The number of hydrogen-bond donors (Lipinski definition) is 0. The van der Waals surface area contributed by atoms with E-state index in [1.807, 2.05) is 35.8 Å². The largest absolute Gasteiger partial charge is 0.497 e. The third kappa shape index (κ3) is 5.01. The Labute approximate surface area is 184 Å². The van der Waals surface area contributed by atoms with Gasteiger partial charge in [0.1, 0.15) is 11.5 Å². The minimum atomic E-state index is -0.0791. The fraction of sp³-hybridized carbons (Fsp3) is 0.440. The van der Waals surface area contributed by atoms with Crippen molar-refractivity contribution in [3.8, 4) is 11.5 Å². The van der Waals surface area contributed by atoms with Crippen LogP contribution >= 0.6 is 0 Å². The standard InChI is InChI=1S/C25H32N2O4/c1-6-27(23-8-7-17(2)13-18(23)3)25(29)19-9-11-26(12-10-19)24(28)20-14-21(30-4)16-22(15-20)31-5/h7-8,13-16,19H,6,9-12H2,1-5H3. The third-order valence-electron chi connectivity index (χ3n) is 5.96. The van der Waals surface area contributed by atoms with E-state index >= 15 is 0 Å². The predicted octanol–water partition coefficient (Wildman–Crippen LogP) is 4.23. The average Bonchev–Trinajstić information content (AvgIpc) is 2.79. The van der Waals surface area contributed by atoms with Crippen LogP contribution in [0.15, 0.2) is 36.4 Å². The molecule has 0 saturated carbocycles. The number of ether oxygens (including phenoxy) is 2. The molecule has 0 unspecified atom stereocenters. The molecule has 31 heavy (non-hydrogen) atoms. The van der Waals surface area contributed by atoms with Crippen molar-refractivity contribution in [2.24, 2.45) is 5.92 Å². The highest BCUT2D eigenvalue weighted by molar-refractivity contribution is 5.97. The Kier molecular flexibility index (Phi) is 7.21. The molecule has 6 heteroatoms. The van der Waals surface area contributed by atoms with Crippen LogP contribution in [0.3, 0.4) is 0 Å². The molecule has 2 aromatic rings. The number of rotatable bonds is 6. The first kappa shape index (κ1) is 22.7. The van der Waals surface area contributed by atoms with E-state index in [0.29, 0.717) is 49.5 Å². The number of aryl methyl sites for hydroxylation is 2. The van der Waals surface area contributed by atoms with Gasteiger partial charge < -0.3 is 19.3 Å². The number of hydrogen-bond acceptors (Lipinski definition) is 4. The van der Waals surface area contributed by atoms with Gasteiger partial charge in [0.25, 0.3) is 5.91 Å². The Balaban J connectivity index is 1.68. The highest BCUT2D eigenvalue weighted by atomic mass is 16.5. The van der Waals surface area contributed by atoms with Gasteiger partial charge in [-0.25, -0.2) is 0 Å². The monoisotopic (exact) mass is 424 g/mol. The Hall–Kier alpha value is -3.02. The van der Waals surface area contributed by atoms with Crippen LogP contribution < -0.4 is 14.4 Å². The number of amides is 2. The van der Waals surface area contributed by atoms with Crippen molar-refractivity contribution >= 4 is 17.5 Å². The Bertz CT molecular complexity index is 926. The number of methoxy groups -OCH3 is 2. The molecule has 1 fully saturated rings. The molecular weight excluding hydrogens is 392 g/mol. The van der Waals surface area contributed by atoms with E-state index in [1.165, 1.54) is 5.56 Å². The summed E-state index contributed by atoms with van der Waals surface area (Å²) in [6.45, 7) is 7.84. The lowest BCUT2D eigenvalue weighted by Gasteiger charge is -2.34. The van der Waals surface area contributed by atoms with Crippen LogP contribution in [0.1, 0.15) is 41.3 Å². The highest BCUT2D eigenvalue weighted by Crippen LogP contribution is 2.28. The van der Waals surface area contributed by atoms with Crippen molar-refractivity contribution in [1.82, 2.24) is 4.90 Å². The van der Waals surface area contributed by atoms with Crippen molar-refractivity contribution in [2.45, 2.75) is 33.6 Å². The van der Waals surface area contributed by atoms with E-state index in [1.54, 1.807) is 32.4 Å². The second-order valence-electron chi connectivity index (χ2n) is 8.04. The number of anilines is 1. The van der Waals surface area contributed by atoms with Crippen molar-refractivity contribution in [1.29, 1.82) is 0 Å². The van der Waals surface area contributed by atoms with Crippen molar-refractivity contribution in [3.05, 3.63) is 53.1 Å². The van der Waals surface area contributed by atoms with Gasteiger partial charge in [-0.05, 0) is 57.4 Å². The van der Waals surface area contributed by atoms with E-state index in [2.05, 4.69) is 13.0 Å². The Morgan fingerprint density at radius 2 is 1.61 bits per heavy atom. The third-order valence-corrected chi connectivity index (χ3v) is 5.96. The second kappa shape index (κ2) is 9.86. The van der Waals surface area contributed by atoms with Crippen LogP contribution in [0.25, 0.3) is 0 Å². The minimum Gasteiger partial charge on any atom is -0.497 e. The smallest absolute Gasteiger partial charge is 0.254 e. The van der Waals surface area contributed by atoms with Crippen molar-refractivity contribution in [3.63, 3.8) is 0 Å². The first-order valence-electron chi connectivity index (χ1n) is 10.8. The van der Waals surface area contributed by atoms with Gasteiger partial charge in [0.05, 0.1) is 14.2 Å². The summed E-state index contributed by atoms with van der Waals surface area (Å²) in [4.78, 5) is 30.0. The van der Waals surface area contributed by atoms with E-state index in [4.69, 9.17) is 9.47 Å². The quantitative estimate of drug-likeness (QED) is 0.696. The van der Waals surface area contributed by atoms with Gasteiger partial charge >= 0.3 is 0 Å². The molecule has 0 spiro atoms. The summed E-state index contributed by atoms with van der Waals surface area (Å²) in [5.74, 6) is 1.17. The van der Waals surface area contributed by atoms with E-state index in [-0.39, 0.29) is 17.7 Å². The summed E-state index contributed by atoms with van der Waals surface area (Å²) in [6.07, 6.45) is 1.32. The van der Waals surface area contributed by atoms with Gasteiger partial charge in [-0.1, -0.05) is 17.7 Å². The van der Waals surface area contributed by atoms with Crippen LogP contribution in [-0.4, -0.2) is 50.6 Å². The summed E-state index contributed by atoms with van der Waals surface area (Å²) in [5, 5.41) is 0. The normalized spacial score (nSPS) is 14.3. The maximum atomic E-state index is 13.3. The molecule has 1 heterocycles. The molecule has 0 atom stereocenters. The molecule has 166 valence electrons. The fourth-order valence-corrected chi connectivity index (χ4v) is 4.22. The molecule has 0 aromatic heterocycles. The van der Waals surface area contributed by atoms with Gasteiger partial charge in [0, 0.05) is 42.9 Å². The van der Waals surface area contributed by atoms with E-state index < -0.39 is 0 Å². The maximum Gasteiger partial charge on any atom is 0.254 e. The summed E-state index contributed by atoms with van der Waals surface area (Å²) in [6, 6.07) is 11.4. The lowest BCUT2D eigenvalue weighted by Crippen LogP contribution is -2.44. The number of benzene rings is 2. The number of likely N-dealkylation sites (tertiary alicyclic amines) is 1. The number of piperidine rings is 1. The van der Waals surface area contributed by atoms with Crippen LogP contribution in [-0.2, 0) is 4.79 Å². The highest BCUT2D eigenvalue weighted by Gasteiger charge is 2.31. The Morgan fingerprint density at radius 1 is 1.00 bits per heavy atom. The molecule has 0 aliphatic carbocycles. The van der Waals surface area contributed by atoms with Crippen molar-refractivity contribution < 1.29 is 19.1 Å². The SMILES string of the molecule is CCN(C(=O)C1CCN(C(=O)c2cc(OC)cc(OC)c2)CC1)c1ccc(C)cc1C. The Morgan fingerprint density at radius 3 is 2.13 bits per heavy atom. The first-order valence-corrected chi connectivity index (χ1v) is 10.8. The lowest BCUT2D eigenvalue weighted by molar-refractivity contribution is -0.123. The number of carbonyl (C=O) groups excluding carboxylic acids is 2. The zero-order chi connectivity index (χ0) is 22.5. The maximum absolute atomic E-state index is 13.3. The van der Waals surface area contributed by atoms with Crippen molar-refractivity contribution in [2.75, 3.05) is 38.8 Å². The zero-order valence-corrected chi connectivity index (χ0v) is 19.1. The summed E-state index contributed by atoms with van der Waals surface area (Å²) in [5.41, 5.74) is 3.80. The van der Waals surface area contributed by atoms with E-state index in [0.717, 1.165) is 11.3 Å². The van der Waals surface area contributed by atoms with Crippen LogP contribution in [0.5, 0.6) is 11.5 Å². The van der Waals surface area contributed by atoms with Crippen LogP contribution in [0, 0.1) is 19.8 Å². The second-order valence-corrected chi connectivity index (χ2v) is 8.04. The van der Waals surface area contributed by atoms with E-state index in [9.17, 15) is 9.59 Å². The van der Waals surface area contributed by atoms with Gasteiger partial charge in [-0.3, -0.25) is 9.59 Å². The first-order chi connectivity index (χ1) is 14.9. The molecule has 1 saturated heterocycles. The topological polar surface area (TPSA) is 59.1 Å². The molecule has 0 radical (unpaired) electrons. The number of carbonyl (C=O) groups is 2. The molecule has 6 nitrogen and oxygen atoms in total. The van der Waals surface area contributed by atoms with Gasteiger partial charge in [0.15, 0.2) is 0 Å². The summed E-state index contributed by atoms with van der Waals surface area (Å²) in [7, 11) is 3.13. The summed E-state index contributed by atoms with van der Waals surface area (Å²) >= 11 is 0. The zero-order valence-electron chi connectivity index (χ0n) is 19.1. The average molecular weight is 425 g/mol. The molecule has 0 bridgehead atoms. The molecule has 1 aliphatic rings. The molecule has 2 amide bonds. The predicted molar refractivity (Wildman–Crippen MR) is 122 cm³/mol. The number of nitrogens with zero attached hydrogens (tertiary/aromatic N) is 2. The van der Waals surface area contributed by atoms with Crippen LogP contribution in [0.2, 0.25) is 0 Å². The summed E-state index contributed by atoms with van der Waals surface area (Å²) < 4.78 is 10.6. The molecular formula is C25H32N2O4. The molecule has 0 N–H and O–H groups in total.